The van der Waals surface area contributed by atoms with E-state index in [1.165, 1.54) is 12.8 Å². The fourth-order valence-corrected chi connectivity index (χ4v) is 2.95. The van der Waals surface area contributed by atoms with Gasteiger partial charge >= 0.3 is 0 Å². The zero-order valence-corrected chi connectivity index (χ0v) is 12.9. The maximum absolute atomic E-state index is 12.2. The van der Waals surface area contributed by atoms with Crippen LogP contribution in [0, 0.1) is 5.92 Å². The Balaban J connectivity index is 2.33. The molecule has 1 saturated carbocycles. The molecule has 0 bridgehead atoms. The highest BCUT2D eigenvalue weighted by atomic mass is 16.5. The lowest BCUT2D eigenvalue weighted by atomic mass is 9.90. The third-order valence-corrected chi connectivity index (χ3v) is 4.10. The Morgan fingerprint density at radius 2 is 2.00 bits per heavy atom. The van der Waals surface area contributed by atoms with Crippen LogP contribution in [0.1, 0.15) is 46.0 Å². The molecule has 0 saturated heterocycles. The van der Waals surface area contributed by atoms with Crippen LogP contribution >= 0.6 is 0 Å². The van der Waals surface area contributed by atoms with Gasteiger partial charge in [-0.15, -0.1) is 0 Å². The summed E-state index contributed by atoms with van der Waals surface area (Å²) < 4.78 is 5.09. The van der Waals surface area contributed by atoms with Crippen molar-refractivity contribution in [3.63, 3.8) is 0 Å². The SMILES string of the molecule is CCNC1CCC(N(C)C(=O)CC(C)COC)CC1. The molecule has 4 heteroatoms. The molecule has 1 amide bonds. The van der Waals surface area contributed by atoms with Gasteiger partial charge in [-0.05, 0) is 38.1 Å². The Labute approximate surface area is 117 Å². The van der Waals surface area contributed by atoms with Crippen LogP contribution in [0.5, 0.6) is 0 Å². The van der Waals surface area contributed by atoms with Gasteiger partial charge in [-0.25, -0.2) is 0 Å². The number of carbonyl (C=O) groups is 1. The van der Waals surface area contributed by atoms with E-state index in [9.17, 15) is 4.79 Å². The fourth-order valence-electron chi connectivity index (χ4n) is 2.95. The summed E-state index contributed by atoms with van der Waals surface area (Å²) in [5.41, 5.74) is 0. The van der Waals surface area contributed by atoms with Crippen molar-refractivity contribution in [3.05, 3.63) is 0 Å². The van der Waals surface area contributed by atoms with E-state index in [2.05, 4.69) is 19.2 Å². The van der Waals surface area contributed by atoms with Gasteiger partial charge in [-0.1, -0.05) is 13.8 Å². The second kappa shape index (κ2) is 8.54. The second-order valence-electron chi connectivity index (χ2n) is 5.83. The molecular weight excluding hydrogens is 240 g/mol. The fraction of sp³-hybridized carbons (Fsp3) is 0.933. The van der Waals surface area contributed by atoms with Gasteiger partial charge in [0.25, 0.3) is 0 Å². The van der Waals surface area contributed by atoms with Crippen LogP contribution in [0.25, 0.3) is 0 Å². The number of rotatable bonds is 7. The Morgan fingerprint density at radius 3 is 2.53 bits per heavy atom. The minimum Gasteiger partial charge on any atom is -0.384 e. The van der Waals surface area contributed by atoms with Gasteiger partial charge in [0.2, 0.25) is 5.91 Å². The molecule has 1 aliphatic rings. The predicted octanol–water partition coefficient (Wildman–Crippen LogP) is 2.04. The highest BCUT2D eigenvalue weighted by Gasteiger charge is 2.26. The van der Waals surface area contributed by atoms with E-state index in [1.54, 1.807) is 7.11 Å². The van der Waals surface area contributed by atoms with Gasteiger partial charge in [0.15, 0.2) is 0 Å². The van der Waals surface area contributed by atoms with Gasteiger partial charge in [-0.3, -0.25) is 4.79 Å². The molecule has 0 spiro atoms. The van der Waals surface area contributed by atoms with Crippen molar-refractivity contribution in [1.29, 1.82) is 0 Å². The maximum Gasteiger partial charge on any atom is 0.222 e. The third kappa shape index (κ3) is 5.49. The summed E-state index contributed by atoms with van der Waals surface area (Å²) in [7, 11) is 3.65. The van der Waals surface area contributed by atoms with E-state index in [-0.39, 0.29) is 5.91 Å². The Morgan fingerprint density at radius 1 is 1.37 bits per heavy atom. The van der Waals surface area contributed by atoms with Crippen molar-refractivity contribution in [2.24, 2.45) is 5.92 Å². The zero-order chi connectivity index (χ0) is 14.3. The largest absolute Gasteiger partial charge is 0.384 e. The number of carbonyl (C=O) groups excluding carboxylic acids is 1. The summed E-state index contributed by atoms with van der Waals surface area (Å²) in [6.45, 7) is 5.92. The Hall–Kier alpha value is -0.610. The van der Waals surface area contributed by atoms with E-state index >= 15 is 0 Å². The quantitative estimate of drug-likeness (QED) is 0.770. The van der Waals surface area contributed by atoms with Gasteiger partial charge in [0.05, 0.1) is 0 Å². The van der Waals surface area contributed by atoms with Crippen molar-refractivity contribution < 1.29 is 9.53 Å². The van der Waals surface area contributed by atoms with Crippen LogP contribution in [-0.2, 0) is 9.53 Å². The molecule has 1 N–H and O–H groups in total. The first-order valence-corrected chi connectivity index (χ1v) is 7.56. The molecule has 112 valence electrons. The number of nitrogens with one attached hydrogen (secondary N) is 1. The van der Waals surface area contributed by atoms with Crippen molar-refractivity contribution in [2.75, 3.05) is 27.3 Å². The molecule has 0 heterocycles. The standard InChI is InChI=1S/C15H30N2O2/c1-5-16-13-6-8-14(9-7-13)17(3)15(18)10-12(2)11-19-4/h12-14,16H,5-11H2,1-4H3. The predicted molar refractivity (Wildman–Crippen MR) is 78.1 cm³/mol. The smallest absolute Gasteiger partial charge is 0.222 e. The second-order valence-corrected chi connectivity index (χ2v) is 5.83. The molecule has 1 atom stereocenters. The molecule has 1 fully saturated rings. The molecule has 0 aromatic rings. The Kier molecular flexibility index (Phi) is 7.39. The molecule has 4 nitrogen and oxygen atoms in total. The van der Waals surface area contributed by atoms with Gasteiger partial charge in [0, 0.05) is 39.3 Å². The first-order valence-electron chi connectivity index (χ1n) is 7.56. The molecule has 0 radical (unpaired) electrons. The van der Waals surface area contributed by atoms with Crippen molar-refractivity contribution in [2.45, 2.75) is 58.0 Å². The number of nitrogens with zero attached hydrogens (tertiary/aromatic N) is 1. The summed E-state index contributed by atoms with van der Waals surface area (Å²) in [5.74, 6) is 0.564. The van der Waals surface area contributed by atoms with Crippen LogP contribution in [-0.4, -0.2) is 50.2 Å². The van der Waals surface area contributed by atoms with E-state index in [0.717, 1.165) is 19.4 Å². The number of hydrogen-bond donors (Lipinski definition) is 1. The lowest BCUT2D eigenvalue weighted by Crippen LogP contribution is -2.43. The lowest BCUT2D eigenvalue weighted by Gasteiger charge is -2.35. The summed E-state index contributed by atoms with van der Waals surface area (Å²) >= 11 is 0. The minimum absolute atomic E-state index is 0.261. The normalized spacial score (nSPS) is 25.1. The minimum atomic E-state index is 0.261. The average molecular weight is 270 g/mol. The number of amides is 1. The molecule has 0 aromatic heterocycles. The average Bonchev–Trinajstić information content (AvgIpc) is 2.39. The van der Waals surface area contributed by atoms with E-state index < -0.39 is 0 Å². The third-order valence-electron chi connectivity index (χ3n) is 4.10. The molecule has 1 rings (SSSR count). The molecule has 19 heavy (non-hydrogen) atoms. The zero-order valence-electron chi connectivity index (χ0n) is 12.9. The number of methoxy groups -OCH3 is 1. The molecule has 1 aliphatic carbocycles. The van der Waals surface area contributed by atoms with Crippen LogP contribution in [0.4, 0.5) is 0 Å². The van der Waals surface area contributed by atoms with Crippen molar-refractivity contribution in [1.82, 2.24) is 10.2 Å². The highest BCUT2D eigenvalue weighted by molar-refractivity contribution is 5.76. The van der Waals surface area contributed by atoms with E-state index in [0.29, 0.717) is 31.0 Å². The molecule has 0 aliphatic heterocycles. The summed E-state index contributed by atoms with van der Waals surface area (Å²) in [6.07, 6.45) is 5.21. The van der Waals surface area contributed by atoms with Crippen LogP contribution < -0.4 is 5.32 Å². The van der Waals surface area contributed by atoms with Gasteiger partial charge in [0.1, 0.15) is 0 Å². The molecular formula is C15H30N2O2. The van der Waals surface area contributed by atoms with Crippen molar-refractivity contribution in [3.8, 4) is 0 Å². The first kappa shape index (κ1) is 16.4. The number of hydrogen-bond acceptors (Lipinski definition) is 3. The van der Waals surface area contributed by atoms with Crippen LogP contribution in [0.3, 0.4) is 0 Å². The van der Waals surface area contributed by atoms with Gasteiger partial charge < -0.3 is 15.0 Å². The summed E-state index contributed by atoms with van der Waals surface area (Å²) in [5, 5.41) is 3.50. The number of ether oxygens (including phenoxy) is 1. The first-order chi connectivity index (χ1) is 9.08. The van der Waals surface area contributed by atoms with E-state index in [1.807, 2.05) is 11.9 Å². The van der Waals surface area contributed by atoms with E-state index in [4.69, 9.17) is 4.74 Å². The van der Waals surface area contributed by atoms with Crippen LogP contribution in [0.2, 0.25) is 0 Å². The molecule has 0 aromatic carbocycles. The van der Waals surface area contributed by atoms with Crippen molar-refractivity contribution >= 4 is 5.91 Å². The maximum atomic E-state index is 12.2. The summed E-state index contributed by atoms with van der Waals surface area (Å²) in [6, 6.07) is 1.08. The highest BCUT2D eigenvalue weighted by Crippen LogP contribution is 2.23. The van der Waals surface area contributed by atoms with Gasteiger partial charge in [-0.2, -0.15) is 0 Å². The van der Waals surface area contributed by atoms with Crippen LogP contribution in [0.15, 0.2) is 0 Å². The topological polar surface area (TPSA) is 41.6 Å². The molecule has 1 unspecified atom stereocenters. The monoisotopic (exact) mass is 270 g/mol. The Bertz CT molecular complexity index is 263. The summed E-state index contributed by atoms with van der Waals surface area (Å²) in [4.78, 5) is 14.2. The lowest BCUT2D eigenvalue weighted by molar-refractivity contribution is -0.133.